The molecule has 0 saturated heterocycles. The Balaban J connectivity index is 0. The van der Waals surface area contributed by atoms with Crippen LogP contribution in [-0.4, -0.2) is 8.41 Å². The van der Waals surface area contributed by atoms with Crippen LogP contribution in [0.4, 0.5) is 0 Å². The molecule has 0 bridgehead atoms. The zero-order chi connectivity index (χ0) is 0. The van der Waals surface area contributed by atoms with Gasteiger partial charge in [0.15, 0.2) is 0 Å². The van der Waals surface area contributed by atoms with Gasteiger partial charge < -0.3 is 0 Å². The molecule has 0 amide bonds. The van der Waals surface area contributed by atoms with E-state index in [0.29, 0.717) is 0 Å². The fourth-order valence-electron chi connectivity index (χ4n) is 0. The average Bonchev–Trinajstić information content (AvgIpc) is 0. The van der Waals surface area contributed by atoms with Crippen molar-refractivity contribution < 1.29 is 96.1 Å². The summed E-state index contributed by atoms with van der Waals surface area (Å²) in [6.07, 6.45) is 0. The molecule has 0 saturated carbocycles. The third-order valence-corrected chi connectivity index (χ3v) is 0. The molecular formula is CBDyFeNd. The van der Waals surface area contributed by atoms with E-state index in [9.17, 15) is 0 Å². The second-order valence-corrected chi connectivity index (χ2v) is 0. The minimum Gasteiger partial charge on any atom is 0 e. The Morgan fingerprint density at radius 1 is 1.00 bits per heavy atom. The molecule has 0 aliphatic rings. The van der Waals surface area contributed by atoms with Gasteiger partial charge in [0.2, 0.25) is 0 Å². The smallest absolute Gasteiger partial charge is 0 e. The van der Waals surface area contributed by atoms with Crippen molar-refractivity contribution in [2.75, 3.05) is 0 Å². The summed E-state index contributed by atoms with van der Waals surface area (Å²) in [7, 11) is 0. The summed E-state index contributed by atoms with van der Waals surface area (Å²) in [5, 5.41) is 0. The number of hydrogen-bond donors (Lipinski definition) is 0. The SMILES string of the molecule is [B].[C].[Dy].[Fe].[Nd]. The van der Waals surface area contributed by atoms with E-state index in [4.69, 9.17) is 0 Å². The van der Waals surface area contributed by atoms with Crippen LogP contribution in [0.3, 0.4) is 0 Å². The zero-order valence-corrected chi connectivity index (χ0v) is 8.59. The van der Waals surface area contributed by atoms with Crippen LogP contribution in [0.15, 0.2) is 0 Å². The first-order valence-electron chi connectivity index (χ1n) is 0. The first kappa shape index (κ1) is 41.4. The van der Waals surface area contributed by atoms with Crippen LogP contribution >= 0.6 is 0 Å². The molecule has 0 nitrogen and oxygen atoms in total. The molecule has 7 radical (unpaired) electrons. The maximum absolute atomic E-state index is 0. The van der Waals surface area contributed by atoms with Crippen molar-refractivity contribution in [1.29, 1.82) is 0 Å². The van der Waals surface area contributed by atoms with Crippen LogP contribution < -0.4 is 0 Å². The molecule has 0 heterocycles. The molecule has 0 aromatic heterocycles. The van der Waals surface area contributed by atoms with Gasteiger partial charge in [-0.2, -0.15) is 0 Å². The summed E-state index contributed by atoms with van der Waals surface area (Å²) in [6.45, 7) is 0. The van der Waals surface area contributed by atoms with Crippen molar-refractivity contribution in [1.82, 2.24) is 0 Å². The fourth-order valence-corrected chi connectivity index (χ4v) is 0. The zero-order valence-electron chi connectivity index (χ0n) is 2.25. The molecule has 5 heavy (non-hydrogen) atoms. The Morgan fingerprint density at radius 2 is 1.00 bits per heavy atom. The largest absolute Gasteiger partial charge is 0 e. The van der Waals surface area contributed by atoms with Crippen molar-refractivity contribution in [3.63, 3.8) is 0 Å². The Bertz CT molecular complexity index is 11.6. The maximum Gasteiger partial charge on any atom is 0 e. The van der Waals surface area contributed by atoms with Crippen LogP contribution in [0.5, 0.6) is 0 Å². The molecule has 4 heteroatoms. The van der Waals surface area contributed by atoms with E-state index in [1.807, 2.05) is 0 Å². The van der Waals surface area contributed by atoms with Gasteiger partial charge >= 0.3 is 0 Å². The molecule has 0 aliphatic heterocycles. The van der Waals surface area contributed by atoms with Gasteiger partial charge in [0, 0.05) is 112 Å². The molecule has 0 spiro atoms. The molecule has 0 aromatic carbocycles. The molecule has 0 N–H and O–H groups in total. The van der Waals surface area contributed by atoms with Gasteiger partial charge in [0.25, 0.3) is 0 Å². The summed E-state index contributed by atoms with van der Waals surface area (Å²) >= 11 is 0. The monoisotopic (exact) mass is 385 g/mol. The predicted molar refractivity (Wildman–Crippen MR) is 9.00 cm³/mol. The van der Waals surface area contributed by atoms with Gasteiger partial charge in [-0.3, -0.25) is 0 Å². The van der Waals surface area contributed by atoms with Gasteiger partial charge in [-0.15, -0.1) is 0 Å². The summed E-state index contributed by atoms with van der Waals surface area (Å²) in [5.41, 5.74) is 0. The molecule has 0 rings (SSSR count). The van der Waals surface area contributed by atoms with Crippen LogP contribution in [0.1, 0.15) is 0 Å². The van der Waals surface area contributed by atoms with Crippen LogP contribution in [0.25, 0.3) is 0 Å². The second kappa shape index (κ2) is 27.0. The maximum atomic E-state index is 0. The standard InChI is InChI=1S/C.B.Dy.Fe.Nd. The Kier molecular flexibility index (Phi) is 224. The average molecular weight is 385 g/mol. The normalized spacial score (nSPS) is 0. The van der Waals surface area contributed by atoms with E-state index in [2.05, 4.69) is 0 Å². The fraction of sp³-hybridized carbons (Fsp3) is 0. The topological polar surface area (TPSA) is 0 Å². The van der Waals surface area contributed by atoms with Crippen LogP contribution in [0, 0.1) is 86.4 Å². The summed E-state index contributed by atoms with van der Waals surface area (Å²) < 4.78 is 0. The molecular weight excluding hydrogens is 385 g/mol. The van der Waals surface area contributed by atoms with Crippen molar-refractivity contribution >= 4 is 8.41 Å². The van der Waals surface area contributed by atoms with E-state index in [1.54, 1.807) is 0 Å². The van der Waals surface area contributed by atoms with Gasteiger partial charge in [-0.05, 0) is 0 Å². The molecule has 0 aromatic rings. The predicted octanol–water partition coefficient (Wildman–Crippen LogP) is -0.302. The first-order chi connectivity index (χ1) is 0. The van der Waals surface area contributed by atoms with E-state index >= 15 is 0 Å². The molecule has 0 aliphatic carbocycles. The Morgan fingerprint density at radius 3 is 1.00 bits per heavy atom. The number of hydrogen-bond acceptors (Lipinski definition) is 0. The van der Waals surface area contributed by atoms with E-state index in [0.717, 1.165) is 0 Å². The van der Waals surface area contributed by atoms with Gasteiger partial charge in [0.05, 0.1) is 0 Å². The quantitative estimate of drug-likeness (QED) is 0.503. The number of rotatable bonds is 0. The third kappa shape index (κ3) is 19.0. The summed E-state index contributed by atoms with van der Waals surface area (Å²) in [5.74, 6) is 0. The minimum absolute atomic E-state index is 0. The van der Waals surface area contributed by atoms with Gasteiger partial charge in [-0.25, -0.2) is 0 Å². The Labute approximate surface area is 109 Å². The van der Waals surface area contributed by atoms with Crippen LogP contribution in [0.2, 0.25) is 0 Å². The van der Waals surface area contributed by atoms with E-state index in [1.165, 1.54) is 0 Å². The summed E-state index contributed by atoms with van der Waals surface area (Å²) in [6, 6.07) is 0. The van der Waals surface area contributed by atoms with Crippen molar-refractivity contribution in [2.24, 2.45) is 0 Å². The van der Waals surface area contributed by atoms with E-state index in [-0.39, 0.29) is 112 Å². The Hall–Kier alpha value is 3.21. The van der Waals surface area contributed by atoms with Gasteiger partial charge in [-0.1, -0.05) is 0 Å². The summed E-state index contributed by atoms with van der Waals surface area (Å²) in [4.78, 5) is 0. The minimum atomic E-state index is 0. The molecule has 0 fully saturated rings. The van der Waals surface area contributed by atoms with Crippen molar-refractivity contribution in [2.45, 2.75) is 0 Å². The van der Waals surface area contributed by atoms with Crippen molar-refractivity contribution in [3.8, 4) is 0 Å². The first-order valence-corrected chi connectivity index (χ1v) is 0. The third-order valence-electron chi connectivity index (χ3n) is 0. The van der Waals surface area contributed by atoms with E-state index < -0.39 is 0 Å². The molecule has 0 atom stereocenters. The molecule has 0 unspecified atom stereocenters. The van der Waals surface area contributed by atoms with Crippen molar-refractivity contribution in [3.05, 3.63) is 7.43 Å². The second-order valence-electron chi connectivity index (χ2n) is 0. The van der Waals surface area contributed by atoms with Gasteiger partial charge in [0.1, 0.15) is 0 Å². The molecule has 29 valence electrons. The van der Waals surface area contributed by atoms with Crippen LogP contribution in [-0.2, 0) is 17.1 Å².